The van der Waals surface area contributed by atoms with Crippen molar-refractivity contribution in [3.05, 3.63) is 70.6 Å². The second kappa shape index (κ2) is 8.48. The highest BCUT2D eigenvalue weighted by Gasteiger charge is 2.37. The molecule has 0 unspecified atom stereocenters. The van der Waals surface area contributed by atoms with Crippen LogP contribution in [0.1, 0.15) is 41.6 Å². The Morgan fingerprint density at radius 2 is 1.97 bits per heavy atom. The number of rotatable bonds is 6. The fourth-order valence-electron chi connectivity index (χ4n) is 4.29. The van der Waals surface area contributed by atoms with Crippen molar-refractivity contribution in [1.29, 1.82) is 0 Å². The predicted octanol–water partition coefficient (Wildman–Crippen LogP) is 5.12. The maximum atomic E-state index is 13.5. The van der Waals surface area contributed by atoms with E-state index in [0.717, 1.165) is 42.6 Å². The molecule has 1 aromatic heterocycles. The monoisotopic (exact) mass is 427 g/mol. The third-order valence-electron chi connectivity index (χ3n) is 5.91. The molecule has 1 fully saturated rings. The summed E-state index contributed by atoms with van der Waals surface area (Å²) in [5.74, 6) is 0.172. The molecule has 1 aliphatic carbocycles. The van der Waals surface area contributed by atoms with Gasteiger partial charge in [0.2, 0.25) is 0 Å². The highest BCUT2D eigenvalue weighted by molar-refractivity contribution is 6.31. The van der Waals surface area contributed by atoms with Gasteiger partial charge in [0.05, 0.1) is 24.6 Å². The van der Waals surface area contributed by atoms with Crippen molar-refractivity contribution in [2.24, 2.45) is 0 Å². The molecule has 2 N–H and O–H groups in total. The number of amides is 1. The van der Waals surface area contributed by atoms with E-state index in [1.165, 1.54) is 18.3 Å². The number of H-pyrrole nitrogens is 1. The van der Waals surface area contributed by atoms with Crippen molar-refractivity contribution < 1.29 is 13.9 Å². The summed E-state index contributed by atoms with van der Waals surface area (Å²) in [4.78, 5) is 13.0. The summed E-state index contributed by atoms with van der Waals surface area (Å²) < 4.78 is 18.7. The Hall–Kier alpha value is -2.86. The molecule has 1 amide bonds. The molecule has 2 aromatic carbocycles. The zero-order chi connectivity index (χ0) is 21.1. The number of benzene rings is 2. The van der Waals surface area contributed by atoms with Gasteiger partial charge in [0.1, 0.15) is 11.6 Å². The van der Waals surface area contributed by atoms with Crippen LogP contribution < -0.4 is 10.1 Å². The Bertz CT molecular complexity index is 1040. The summed E-state index contributed by atoms with van der Waals surface area (Å²) in [7, 11) is 1.61. The first-order chi connectivity index (χ1) is 14.5. The first kappa shape index (κ1) is 20.4. The standard InChI is InChI=1S/C23H23ClFN3O2/c1-30-17-7-4-15(5-8-17)21-18(13-27-28-21)22(29)26-14-23(10-2-3-11-23)19-9-6-16(25)12-20(19)24/h4-9,12-13H,2-3,10-11,14H2,1H3,(H,26,29)(H,27,28). The lowest BCUT2D eigenvalue weighted by atomic mass is 9.78. The zero-order valence-electron chi connectivity index (χ0n) is 16.7. The summed E-state index contributed by atoms with van der Waals surface area (Å²) in [6, 6.07) is 11.9. The van der Waals surface area contributed by atoms with Gasteiger partial charge in [-0.05, 0) is 54.8 Å². The van der Waals surface area contributed by atoms with Crippen LogP contribution in [-0.4, -0.2) is 29.8 Å². The number of aromatic amines is 1. The molecule has 0 saturated heterocycles. The molecule has 0 radical (unpaired) electrons. The Balaban J connectivity index is 1.55. The average molecular weight is 428 g/mol. The molecule has 1 heterocycles. The molecular weight excluding hydrogens is 405 g/mol. The van der Waals surface area contributed by atoms with Gasteiger partial charge < -0.3 is 10.1 Å². The Morgan fingerprint density at radius 1 is 1.23 bits per heavy atom. The third-order valence-corrected chi connectivity index (χ3v) is 6.23. The van der Waals surface area contributed by atoms with Gasteiger partial charge in [-0.15, -0.1) is 0 Å². The van der Waals surface area contributed by atoms with Gasteiger partial charge in [-0.25, -0.2) is 4.39 Å². The van der Waals surface area contributed by atoms with Crippen molar-refractivity contribution in [2.75, 3.05) is 13.7 Å². The molecule has 3 aromatic rings. The molecule has 0 atom stereocenters. The van der Waals surface area contributed by atoms with Crippen LogP contribution in [0.5, 0.6) is 5.75 Å². The Morgan fingerprint density at radius 3 is 2.63 bits per heavy atom. The number of hydrogen-bond donors (Lipinski definition) is 2. The molecule has 0 aliphatic heterocycles. The maximum absolute atomic E-state index is 13.5. The Kier molecular flexibility index (Phi) is 5.77. The summed E-state index contributed by atoms with van der Waals surface area (Å²) >= 11 is 6.37. The fraction of sp³-hybridized carbons (Fsp3) is 0.304. The lowest BCUT2D eigenvalue weighted by Gasteiger charge is -2.31. The SMILES string of the molecule is COc1ccc(-c2[nH]ncc2C(=O)NCC2(c3ccc(F)cc3Cl)CCCC2)cc1. The second-order valence-corrected chi connectivity index (χ2v) is 8.09. The third kappa shape index (κ3) is 3.92. The minimum absolute atomic E-state index is 0.209. The van der Waals surface area contributed by atoms with E-state index >= 15 is 0 Å². The van der Waals surface area contributed by atoms with E-state index in [1.807, 2.05) is 24.3 Å². The van der Waals surface area contributed by atoms with Crippen LogP contribution in [0.25, 0.3) is 11.3 Å². The van der Waals surface area contributed by atoms with E-state index in [2.05, 4.69) is 15.5 Å². The number of ether oxygens (including phenoxy) is 1. The van der Waals surface area contributed by atoms with Gasteiger partial charge in [-0.1, -0.05) is 30.5 Å². The highest BCUT2D eigenvalue weighted by atomic mass is 35.5. The molecule has 1 saturated carbocycles. The molecule has 5 nitrogen and oxygen atoms in total. The van der Waals surface area contributed by atoms with E-state index in [0.29, 0.717) is 22.8 Å². The number of methoxy groups -OCH3 is 1. The van der Waals surface area contributed by atoms with E-state index in [9.17, 15) is 9.18 Å². The number of hydrogen-bond acceptors (Lipinski definition) is 3. The number of aromatic nitrogens is 2. The number of nitrogens with one attached hydrogen (secondary N) is 2. The lowest BCUT2D eigenvalue weighted by molar-refractivity contribution is 0.0944. The van der Waals surface area contributed by atoms with E-state index in [-0.39, 0.29) is 17.1 Å². The van der Waals surface area contributed by atoms with Crippen LogP contribution in [0.15, 0.2) is 48.7 Å². The minimum Gasteiger partial charge on any atom is -0.497 e. The minimum atomic E-state index is -0.358. The molecule has 0 spiro atoms. The van der Waals surface area contributed by atoms with Crippen molar-refractivity contribution in [3.8, 4) is 17.0 Å². The van der Waals surface area contributed by atoms with Gasteiger partial charge in [-0.2, -0.15) is 5.10 Å². The zero-order valence-corrected chi connectivity index (χ0v) is 17.4. The average Bonchev–Trinajstić information content (AvgIpc) is 3.43. The summed E-state index contributed by atoms with van der Waals surface area (Å²) in [6.45, 7) is 0.435. The van der Waals surface area contributed by atoms with Crippen molar-refractivity contribution >= 4 is 17.5 Å². The van der Waals surface area contributed by atoms with E-state index in [1.54, 1.807) is 13.2 Å². The first-order valence-corrected chi connectivity index (χ1v) is 10.3. The second-order valence-electron chi connectivity index (χ2n) is 7.68. The molecule has 4 rings (SSSR count). The Labute approximate surface area is 179 Å². The number of halogens is 2. The van der Waals surface area contributed by atoms with Gasteiger partial charge in [-0.3, -0.25) is 9.89 Å². The van der Waals surface area contributed by atoms with Gasteiger partial charge in [0, 0.05) is 22.5 Å². The van der Waals surface area contributed by atoms with Crippen molar-refractivity contribution in [2.45, 2.75) is 31.1 Å². The van der Waals surface area contributed by atoms with Crippen LogP contribution in [0.3, 0.4) is 0 Å². The van der Waals surface area contributed by atoms with Crippen molar-refractivity contribution in [3.63, 3.8) is 0 Å². The molecular formula is C23H23ClFN3O2. The number of carbonyl (C=O) groups is 1. The largest absolute Gasteiger partial charge is 0.497 e. The van der Waals surface area contributed by atoms with Crippen molar-refractivity contribution in [1.82, 2.24) is 15.5 Å². The number of nitrogens with zero attached hydrogens (tertiary/aromatic N) is 1. The lowest BCUT2D eigenvalue weighted by Crippen LogP contribution is -2.39. The smallest absolute Gasteiger partial charge is 0.255 e. The van der Waals surface area contributed by atoms with Gasteiger partial charge in [0.15, 0.2) is 0 Å². The van der Waals surface area contributed by atoms with Crippen LogP contribution in [0, 0.1) is 5.82 Å². The topological polar surface area (TPSA) is 67.0 Å². The molecule has 7 heteroatoms. The van der Waals surface area contributed by atoms with Gasteiger partial charge >= 0.3 is 0 Å². The van der Waals surface area contributed by atoms with Crippen LogP contribution in [0.2, 0.25) is 5.02 Å². The normalized spacial score (nSPS) is 15.2. The van der Waals surface area contributed by atoms with Gasteiger partial charge in [0.25, 0.3) is 5.91 Å². The predicted molar refractivity (Wildman–Crippen MR) is 114 cm³/mol. The molecule has 0 bridgehead atoms. The quantitative estimate of drug-likeness (QED) is 0.573. The fourth-order valence-corrected chi connectivity index (χ4v) is 4.66. The molecule has 1 aliphatic rings. The molecule has 30 heavy (non-hydrogen) atoms. The maximum Gasteiger partial charge on any atom is 0.255 e. The van der Waals surface area contributed by atoms with E-state index in [4.69, 9.17) is 16.3 Å². The molecule has 156 valence electrons. The number of carbonyl (C=O) groups excluding carboxylic acids is 1. The summed E-state index contributed by atoms with van der Waals surface area (Å²) in [6.07, 6.45) is 5.42. The van der Waals surface area contributed by atoms with Crippen LogP contribution in [0.4, 0.5) is 4.39 Å². The first-order valence-electron chi connectivity index (χ1n) is 9.94. The highest BCUT2D eigenvalue weighted by Crippen LogP contribution is 2.43. The van der Waals surface area contributed by atoms with Crippen LogP contribution in [-0.2, 0) is 5.41 Å². The van der Waals surface area contributed by atoms with Crippen LogP contribution >= 0.6 is 11.6 Å². The summed E-state index contributed by atoms with van der Waals surface area (Å²) in [5.41, 5.74) is 2.57. The summed E-state index contributed by atoms with van der Waals surface area (Å²) in [5, 5.41) is 10.4. The van der Waals surface area contributed by atoms with E-state index < -0.39 is 0 Å².